The van der Waals surface area contributed by atoms with Gasteiger partial charge in [0.25, 0.3) is 15.9 Å². The molecule has 0 aliphatic rings. The fourth-order valence-corrected chi connectivity index (χ4v) is 3.23. The van der Waals surface area contributed by atoms with Gasteiger partial charge < -0.3 is 9.64 Å². The molecule has 148 valence electrons. The largest absolute Gasteiger partial charge is 0.452 e. The van der Waals surface area contributed by atoms with Gasteiger partial charge in [-0.1, -0.05) is 16.1 Å². The normalized spacial score (nSPS) is 11.8. The number of benzene rings is 1. The summed E-state index contributed by atoms with van der Waals surface area (Å²) in [5.74, 6) is -1.50. The molecule has 0 aliphatic carbocycles. The predicted molar refractivity (Wildman–Crippen MR) is 96.2 cm³/mol. The van der Waals surface area contributed by atoms with E-state index in [9.17, 15) is 18.0 Å². The number of ether oxygens (including phenoxy) is 1. The SMILES string of the molecule is CON(C)S(=O)(=O)c1cc(C(=O)OCC(=O)N(C)C(C)(C)C#N)ccc1Cl. The number of sulfonamides is 1. The zero-order chi connectivity index (χ0) is 21.0. The molecule has 0 saturated carbocycles. The molecule has 0 aromatic heterocycles. The molecule has 1 aromatic carbocycles. The van der Waals surface area contributed by atoms with Crippen molar-refractivity contribution >= 4 is 33.5 Å². The summed E-state index contributed by atoms with van der Waals surface area (Å²) >= 11 is 5.92. The predicted octanol–water partition coefficient (Wildman–Crippen LogP) is 1.44. The van der Waals surface area contributed by atoms with Gasteiger partial charge in [-0.3, -0.25) is 9.63 Å². The Hall–Kier alpha value is -2.19. The van der Waals surface area contributed by atoms with Crippen LogP contribution in [0.2, 0.25) is 5.02 Å². The van der Waals surface area contributed by atoms with Crippen molar-refractivity contribution in [2.24, 2.45) is 0 Å². The van der Waals surface area contributed by atoms with Gasteiger partial charge in [0.15, 0.2) is 6.61 Å². The number of hydrogen-bond acceptors (Lipinski definition) is 7. The Bertz CT molecular complexity index is 879. The second kappa shape index (κ2) is 8.67. The molecule has 1 amide bonds. The lowest BCUT2D eigenvalue weighted by Gasteiger charge is -2.28. The minimum absolute atomic E-state index is 0.109. The van der Waals surface area contributed by atoms with Crippen LogP contribution >= 0.6 is 11.6 Å². The molecule has 0 heterocycles. The Morgan fingerprint density at radius 2 is 1.89 bits per heavy atom. The first-order chi connectivity index (χ1) is 12.4. The van der Waals surface area contributed by atoms with Crippen LogP contribution in [-0.2, 0) is 24.4 Å². The fraction of sp³-hybridized carbons (Fsp3) is 0.438. The minimum Gasteiger partial charge on any atom is -0.452 e. The minimum atomic E-state index is -4.08. The van der Waals surface area contributed by atoms with Crippen molar-refractivity contribution in [3.63, 3.8) is 0 Å². The van der Waals surface area contributed by atoms with E-state index in [1.165, 1.54) is 40.1 Å². The molecule has 0 atom stereocenters. The molecule has 0 aliphatic heterocycles. The average Bonchev–Trinajstić information content (AvgIpc) is 2.64. The smallest absolute Gasteiger partial charge is 0.338 e. The first-order valence-electron chi connectivity index (χ1n) is 7.56. The molecule has 0 N–H and O–H groups in total. The number of carbonyl (C=O) groups excluding carboxylic acids is 2. The topological polar surface area (TPSA) is 117 Å². The number of amides is 1. The van der Waals surface area contributed by atoms with Crippen molar-refractivity contribution in [3.05, 3.63) is 28.8 Å². The van der Waals surface area contributed by atoms with Crippen LogP contribution in [0, 0.1) is 11.3 Å². The van der Waals surface area contributed by atoms with Crippen LogP contribution in [0.1, 0.15) is 24.2 Å². The van der Waals surface area contributed by atoms with Crippen LogP contribution in [0.25, 0.3) is 0 Å². The number of carbonyl (C=O) groups is 2. The van der Waals surface area contributed by atoms with E-state index in [1.54, 1.807) is 0 Å². The Morgan fingerprint density at radius 1 is 1.30 bits per heavy atom. The molecule has 0 radical (unpaired) electrons. The van der Waals surface area contributed by atoms with Gasteiger partial charge >= 0.3 is 5.97 Å². The maximum atomic E-state index is 12.3. The van der Waals surface area contributed by atoms with Crippen molar-refractivity contribution in [1.29, 1.82) is 5.26 Å². The highest BCUT2D eigenvalue weighted by Crippen LogP contribution is 2.25. The van der Waals surface area contributed by atoms with Gasteiger partial charge in [-0.05, 0) is 32.0 Å². The number of nitrogens with zero attached hydrogens (tertiary/aromatic N) is 3. The summed E-state index contributed by atoms with van der Waals surface area (Å²) in [6.45, 7) is 2.47. The quantitative estimate of drug-likeness (QED) is 0.486. The summed E-state index contributed by atoms with van der Waals surface area (Å²) in [5.41, 5.74) is -1.19. The lowest BCUT2D eigenvalue weighted by molar-refractivity contribution is -0.136. The fourth-order valence-electron chi connectivity index (χ4n) is 1.76. The lowest BCUT2D eigenvalue weighted by atomic mass is 10.1. The number of rotatable bonds is 7. The molecule has 0 fully saturated rings. The number of nitriles is 1. The number of esters is 1. The number of likely N-dealkylation sites (N-methyl/N-ethyl adjacent to an activating group) is 1. The van der Waals surface area contributed by atoms with Crippen molar-refractivity contribution < 1.29 is 27.6 Å². The zero-order valence-electron chi connectivity index (χ0n) is 15.5. The van der Waals surface area contributed by atoms with Crippen LogP contribution in [0.15, 0.2) is 23.1 Å². The second-order valence-electron chi connectivity index (χ2n) is 5.94. The molecule has 0 spiro atoms. The standard InChI is InChI=1S/C16H20ClN3O6S/c1-16(2,10-18)19(3)14(21)9-26-15(22)11-6-7-12(17)13(8-11)27(23,24)20(4)25-5/h6-8H,9H2,1-5H3. The molecule has 27 heavy (non-hydrogen) atoms. The third-order valence-electron chi connectivity index (χ3n) is 3.85. The Kier molecular flexibility index (Phi) is 7.33. The highest BCUT2D eigenvalue weighted by atomic mass is 35.5. The van der Waals surface area contributed by atoms with Crippen LogP contribution in [0.4, 0.5) is 0 Å². The Morgan fingerprint density at radius 3 is 2.41 bits per heavy atom. The summed E-state index contributed by atoms with van der Waals surface area (Å²) in [4.78, 5) is 29.7. The van der Waals surface area contributed by atoms with Crippen molar-refractivity contribution in [2.45, 2.75) is 24.3 Å². The van der Waals surface area contributed by atoms with E-state index in [1.807, 2.05) is 6.07 Å². The molecule has 0 unspecified atom stereocenters. The monoisotopic (exact) mass is 417 g/mol. The number of halogens is 1. The summed E-state index contributed by atoms with van der Waals surface area (Å²) in [7, 11) is -0.343. The first kappa shape index (κ1) is 22.9. The summed E-state index contributed by atoms with van der Waals surface area (Å²) in [5, 5.41) is 8.92. The molecule has 1 aromatic rings. The second-order valence-corrected chi connectivity index (χ2v) is 8.25. The van der Waals surface area contributed by atoms with E-state index in [0.717, 1.165) is 18.1 Å². The molecular weight excluding hydrogens is 398 g/mol. The van der Waals surface area contributed by atoms with Crippen molar-refractivity contribution in [1.82, 2.24) is 9.37 Å². The average molecular weight is 418 g/mol. The van der Waals surface area contributed by atoms with Crippen molar-refractivity contribution in [3.8, 4) is 6.07 Å². The van der Waals surface area contributed by atoms with E-state index in [4.69, 9.17) is 21.6 Å². The van der Waals surface area contributed by atoms with E-state index >= 15 is 0 Å². The molecule has 0 saturated heterocycles. The third kappa shape index (κ3) is 5.17. The summed E-state index contributed by atoms with van der Waals surface area (Å²) < 4.78 is 30.2. The Balaban J connectivity index is 3.00. The van der Waals surface area contributed by atoms with Gasteiger partial charge in [-0.2, -0.15) is 5.26 Å². The van der Waals surface area contributed by atoms with E-state index in [0.29, 0.717) is 4.47 Å². The zero-order valence-corrected chi connectivity index (χ0v) is 17.1. The highest BCUT2D eigenvalue weighted by Gasteiger charge is 2.29. The van der Waals surface area contributed by atoms with Gasteiger partial charge in [0.1, 0.15) is 10.4 Å². The highest BCUT2D eigenvalue weighted by molar-refractivity contribution is 7.89. The van der Waals surface area contributed by atoms with Crippen molar-refractivity contribution in [2.75, 3.05) is 27.8 Å². The maximum absolute atomic E-state index is 12.3. The van der Waals surface area contributed by atoms with Gasteiger partial charge in [0.05, 0.1) is 23.8 Å². The lowest BCUT2D eigenvalue weighted by Crippen LogP contribution is -2.45. The molecule has 1 rings (SSSR count). The van der Waals surface area contributed by atoms with Gasteiger partial charge in [0, 0.05) is 14.1 Å². The maximum Gasteiger partial charge on any atom is 0.338 e. The van der Waals surface area contributed by atoms with Crippen LogP contribution in [0.5, 0.6) is 0 Å². The van der Waals surface area contributed by atoms with E-state index < -0.39 is 34.0 Å². The molecule has 9 nitrogen and oxygen atoms in total. The molecule has 11 heteroatoms. The molecule has 0 bridgehead atoms. The number of hydroxylamine groups is 1. The van der Waals surface area contributed by atoms with E-state index in [-0.39, 0.29) is 15.5 Å². The van der Waals surface area contributed by atoms with Gasteiger partial charge in [-0.25, -0.2) is 13.2 Å². The number of hydrogen-bond donors (Lipinski definition) is 0. The van der Waals surface area contributed by atoms with Gasteiger partial charge in [0.2, 0.25) is 0 Å². The third-order valence-corrected chi connectivity index (χ3v) is 6.01. The first-order valence-corrected chi connectivity index (χ1v) is 9.38. The van der Waals surface area contributed by atoms with Gasteiger partial charge in [-0.15, -0.1) is 0 Å². The summed E-state index contributed by atoms with van der Waals surface area (Å²) in [6, 6.07) is 5.48. The van der Waals surface area contributed by atoms with Crippen LogP contribution in [0.3, 0.4) is 0 Å². The van der Waals surface area contributed by atoms with Crippen LogP contribution in [-0.4, -0.2) is 63.0 Å². The van der Waals surface area contributed by atoms with Crippen LogP contribution < -0.4 is 0 Å². The molecular formula is C16H20ClN3O6S. The summed E-state index contributed by atoms with van der Waals surface area (Å²) in [6.07, 6.45) is 0. The van der Waals surface area contributed by atoms with E-state index in [2.05, 4.69) is 4.84 Å². The Labute approximate surface area is 163 Å².